The van der Waals surface area contributed by atoms with E-state index in [1.165, 1.54) is 0 Å². The van der Waals surface area contributed by atoms with Gasteiger partial charge in [-0.25, -0.2) is 0 Å². The first-order valence-corrected chi connectivity index (χ1v) is 12.6. The van der Waals surface area contributed by atoms with Crippen LogP contribution in [-0.2, 0) is 41.7 Å². The van der Waals surface area contributed by atoms with E-state index in [0.29, 0.717) is 22.3 Å². The van der Waals surface area contributed by atoms with E-state index in [-0.39, 0.29) is 49.8 Å². The molecule has 0 unspecified atom stereocenters. The number of amidine groups is 2. The molecule has 0 atom stereocenters. The second kappa shape index (κ2) is 17.2. The Morgan fingerprint density at radius 3 is 0.927 bits per heavy atom. The smallest absolute Gasteiger partial charge is 0.741 e. The maximum Gasteiger partial charge on any atom is 2.00 e. The summed E-state index contributed by atoms with van der Waals surface area (Å²) >= 11 is 9.32. The molecule has 4 aromatic carbocycles. The minimum atomic E-state index is -0.225. The van der Waals surface area contributed by atoms with Crippen LogP contribution in [0.25, 0.3) is 0 Å². The Morgan fingerprint density at radius 2 is 0.683 bits per heavy atom. The molecule has 11 heteroatoms. The Balaban J connectivity index is 0.000000280. The van der Waals surface area contributed by atoms with Crippen LogP contribution in [0.3, 0.4) is 0 Å². The van der Waals surface area contributed by atoms with E-state index < -0.39 is 0 Å². The van der Waals surface area contributed by atoms with Gasteiger partial charge in [-0.2, -0.15) is 10.2 Å². The van der Waals surface area contributed by atoms with Crippen molar-refractivity contribution in [1.29, 1.82) is 0 Å². The average molecular weight is 623 g/mol. The number of carbonyl (C=O) groups is 2. The molecule has 0 saturated carbocycles. The molecular weight excluding hydrogens is 599 g/mol. The van der Waals surface area contributed by atoms with Gasteiger partial charge in [0.05, 0.1) is 0 Å². The molecule has 41 heavy (non-hydrogen) atoms. The first-order valence-electron chi connectivity index (χ1n) is 11.8. The van der Waals surface area contributed by atoms with Gasteiger partial charge >= 0.3 is 16.5 Å². The minimum Gasteiger partial charge on any atom is -0.741 e. The van der Waals surface area contributed by atoms with Gasteiger partial charge in [0.25, 0.3) is 0 Å². The van der Waals surface area contributed by atoms with E-state index >= 15 is 0 Å². The summed E-state index contributed by atoms with van der Waals surface area (Å²) in [5, 5.41) is 14.8. The summed E-state index contributed by atoms with van der Waals surface area (Å²) in [6.45, 7) is 0. The Kier molecular flexibility index (Phi) is 13.7. The van der Waals surface area contributed by atoms with Gasteiger partial charge in [0.2, 0.25) is 11.6 Å². The first-order chi connectivity index (χ1) is 19.4. The number of hydrogen-bond donors (Lipinski definition) is 2. The zero-order valence-electron chi connectivity index (χ0n) is 21.4. The van der Waals surface area contributed by atoms with Crippen LogP contribution in [0.4, 0.5) is 0 Å². The van der Waals surface area contributed by atoms with Gasteiger partial charge in [-0.05, 0) is 10.3 Å². The van der Waals surface area contributed by atoms with Gasteiger partial charge < -0.3 is 36.7 Å². The zero-order valence-corrected chi connectivity index (χ0v) is 24.1. The van der Waals surface area contributed by atoms with Gasteiger partial charge in [0, 0.05) is 22.3 Å². The number of nitrogens with two attached hydrogens (primary N) is 2. The van der Waals surface area contributed by atoms with E-state index in [2.05, 4.69) is 45.7 Å². The van der Waals surface area contributed by atoms with Crippen LogP contribution in [0.15, 0.2) is 142 Å². The fourth-order valence-electron chi connectivity index (χ4n) is 3.31. The number of hydrogen-bond acceptors (Lipinski definition) is 8. The van der Waals surface area contributed by atoms with Gasteiger partial charge in [0.1, 0.15) is 11.4 Å². The van der Waals surface area contributed by atoms with Crippen molar-refractivity contribution in [3.8, 4) is 0 Å². The first kappa shape index (κ1) is 32.6. The molecule has 0 radical (unpaired) electrons. The quantitative estimate of drug-likeness (QED) is 0.0752. The molecule has 0 fully saturated rings. The van der Waals surface area contributed by atoms with Crippen LogP contribution in [0.5, 0.6) is 0 Å². The van der Waals surface area contributed by atoms with Gasteiger partial charge in [-0.3, -0.25) is 9.59 Å². The molecule has 0 amide bonds. The number of benzene rings is 4. The largest absolute Gasteiger partial charge is 2.00 e. The van der Waals surface area contributed by atoms with Gasteiger partial charge in [-0.15, -0.1) is 10.2 Å². The summed E-state index contributed by atoms with van der Waals surface area (Å²) in [5.41, 5.74) is 13.4. The average Bonchev–Trinajstić information content (AvgIpc) is 2.99. The molecule has 4 aromatic rings. The van der Waals surface area contributed by atoms with E-state index in [1.807, 2.05) is 48.5 Å². The number of rotatable bonds is 8. The van der Waals surface area contributed by atoms with Crippen molar-refractivity contribution in [2.75, 3.05) is 0 Å². The van der Waals surface area contributed by atoms with Crippen molar-refractivity contribution in [1.82, 2.24) is 0 Å². The molecule has 0 aliphatic carbocycles. The molecule has 0 bridgehead atoms. The van der Waals surface area contributed by atoms with E-state index in [0.717, 1.165) is 0 Å². The van der Waals surface area contributed by atoms with E-state index in [4.69, 9.17) is 11.5 Å². The predicted molar refractivity (Wildman–Crippen MR) is 165 cm³/mol. The zero-order chi connectivity index (χ0) is 28.7. The van der Waals surface area contributed by atoms with Gasteiger partial charge in [0.15, 0.2) is 0 Å². The minimum absolute atomic E-state index is 0. The molecule has 0 heterocycles. The van der Waals surface area contributed by atoms with Crippen molar-refractivity contribution in [3.63, 3.8) is 0 Å². The fourth-order valence-corrected chi connectivity index (χ4v) is 3.39. The van der Waals surface area contributed by atoms with Crippen LogP contribution in [0, 0.1) is 0 Å². The van der Waals surface area contributed by atoms with Crippen LogP contribution in [0.1, 0.15) is 31.8 Å². The van der Waals surface area contributed by atoms with Crippen LogP contribution >= 0.6 is 0 Å². The monoisotopic (exact) mass is 622 g/mol. The molecule has 0 aromatic heterocycles. The molecular formula is C30H24N6NiO2S2. The number of carbonyl (C=O) groups excluding carboxylic acids is 2. The maximum absolute atomic E-state index is 12.5. The topological polar surface area (TPSA) is 136 Å². The Labute approximate surface area is 259 Å². The molecule has 8 nitrogen and oxygen atoms in total. The summed E-state index contributed by atoms with van der Waals surface area (Å²) in [6.07, 6.45) is 0. The Morgan fingerprint density at radius 1 is 0.439 bits per heavy atom. The number of nitrogens with zero attached hydrogens (tertiary/aromatic N) is 4. The molecule has 4 N–H and O–H groups in total. The molecule has 4 rings (SSSR count). The summed E-state index contributed by atoms with van der Waals surface area (Å²) in [6, 6.07) is 35.9. The third-order valence-electron chi connectivity index (χ3n) is 5.09. The van der Waals surface area contributed by atoms with Crippen LogP contribution in [0.2, 0.25) is 0 Å². The maximum atomic E-state index is 12.5. The van der Waals surface area contributed by atoms with Gasteiger partial charge in [-0.1, -0.05) is 121 Å². The molecule has 0 saturated heterocycles. The van der Waals surface area contributed by atoms with E-state index in [9.17, 15) is 9.59 Å². The van der Waals surface area contributed by atoms with Crippen molar-refractivity contribution in [2.45, 2.75) is 0 Å². The Hall–Kier alpha value is -4.57. The van der Waals surface area contributed by atoms with E-state index in [1.54, 1.807) is 72.8 Å². The SMILES string of the molecule is N/C([S-])=N/N=C(/C(=O)c1ccccc1)c1ccccc1.N/C([S-])=N/N=C(/C(=O)c1ccccc1)c1ccccc1.[Ni+2]. The normalized spacial score (nSPS) is 11.9. The fraction of sp³-hybridized carbons (Fsp3) is 0. The van der Waals surface area contributed by atoms with Crippen LogP contribution < -0.4 is 11.5 Å². The number of Topliss-reactive ketones (excluding diaryl/α,β-unsaturated/α-hetero) is 2. The molecule has 208 valence electrons. The Bertz CT molecular complexity index is 1420. The standard InChI is InChI=1S/2C15H13N3OS.Ni/c2*16-15(20)18-17-13(11-7-3-1-4-8-11)14(19)12-9-5-2-6-10-12;/h2*1-10H,(H3,16,18,20);/q;;+2/p-2/b2*17-13+;. The third-order valence-corrected chi connectivity index (χ3v) is 5.26. The molecule has 0 spiro atoms. The third kappa shape index (κ3) is 10.5. The second-order valence-electron chi connectivity index (χ2n) is 7.90. The number of ketones is 2. The van der Waals surface area contributed by atoms with Crippen molar-refractivity contribution >= 4 is 58.6 Å². The summed E-state index contributed by atoms with van der Waals surface area (Å²) < 4.78 is 0. The summed E-state index contributed by atoms with van der Waals surface area (Å²) in [5.74, 6) is -0.450. The summed E-state index contributed by atoms with van der Waals surface area (Å²) in [7, 11) is 0. The van der Waals surface area contributed by atoms with Crippen molar-refractivity contribution < 1.29 is 26.1 Å². The molecule has 0 aliphatic heterocycles. The second-order valence-corrected chi connectivity index (χ2v) is 8.73. The van der Waals surface area contributed by atoms with Crippen molar-refractivity contribution in [3.05, 3.63) is 144 Å². The van der Waals surface area contributed by atoms with Crippen molar-refractivity contribution in [2.24, 2.45) is 31.9 Å². The summed E-state index contributed by atoms with van der Waals surface area (Å²) in [4.78, 5) is 25.0. The molecule has 0 aliphatic rings. The van der Waals surface area contributed by atoms with Crippen LogP contribution in [-0.4, -0.2) is 33.3 Å². The predicted octanol–water partition coefficient (Wildman–Crippen LogP) is 4.27.